The van der Waals surface area contributed by atoms with Gasteiger partial charge in [-0.15, -0.1) is 0 Å². The van der Waals surface area contributed by atoms with Crippen LogP contribution in [0.25, 0.3) is 5.57 Å². The van der Waals surface area contributed by atoms with Crippen molar-refractivity contribution in [3.63, 3.8) is 0 Å². The second kappa shape index (κ2) is 8.95. The number of amides is 2. The molecule has 0 saturated carbocycles. The fourth-order valence-corrected chi connectivity index (χ4v) is 3.83. The molecule has 158 valence electrons. The molecule has 3 atom stereocenters. The number of aliphatic hydroxyl groups is 1. The largest absolute Gasteiger partial charge is 0.472 e. The summed E-state index contributed by atoms with van der Waals surface area (Å²) < 4.78 is 6.19. The molecule has 2 aliphatic rings. The molecule has 1 N–H and O–H groups in total. The van der Waals surface area contributed by atoms with E-state index in [1.165, 1.54) is 12.5 Å². The Hall–Kier alpha value is -2.41. The first kappa shape index (κ1) is 21.3. The fourth-order valence-electron chi connectivity index (χ4n) is 3.83. The zero-order valence-corrected chi connectivity index (χ0v) is 17.7. The molecule has 0 unspecified atom stereocenters. The first-order valence-corrected chi connectivity index (χ1v) is 10.3. The maximum Gasteiger partial charge on any atom is 0.259 e. The van der Waals surface area contributed by atoms with Gasteiger partial charge in [-0.1, -0.05) is 13.0 Å². The lowest BCUT2D eigenvalue weighted by Gasteiger charge is -2.37. The van der Waals surface area contributed by atoms with Gasteiger partial charge in [-0.05, 0) is 43.4 Å². The normalized spacial score (nSPS) is 22.9. The lowest BCUT2D eigenvalue weighted by molar-refractivity contribution is -0.129. The zero-order valence-electron chi connectivity index (χ0n) is 17.7. The molecular weight excluding hydrogens is 370 g/mol. The van der Waals surface area contributed by atoms with Gasteiger partial charge in [0, 0.05) is 32.6 Å². The molecule has 0 aromatic carbocycles. The molecule has 7 nitrogen and oxygen atoms in total. The van der Waals surface area contributed by atoms with Crippen molar-refractivity contribution in [1.82, 2.24) is 14.8 Å². The molecule has 1 aromatic rings. The van der Waals surface area contributed by atoms with E-state index in [1.807, 2.05) is 19.9 Å². The summed E-state index contributed by atoms with van der Waals surface area (Å²) in [7, 11) is 1.74. The highest BCUT2D eigenvalue weighted by Gasteiger charge is 2.34. The van der Waals surface area contributed by atoms with E-state index in [2.05, 4.69) is 11.1 Å². The molecule has 2 amide bonds. The van der Waals surface area contributed by atoms with Crippen molar-refractivity contribution in [2.24, 2.45) is 5.92 Å². The summed E-state index contributed by atoms with van der Waals surface area (Å²) in [5, 5.41) is 9.71. The molecule has 0 fully saturated rings. The first-order valence-electron chi connectivity index (χ1n) is 10.3. The molecule has 1 aromatic heterocycles. The van der Waals surface area contributed by atoms with E-state index in [-0.39, 0.29) is 36.5 Å². The van der Waals surface area contributed by atoms with Gasteiger partial charge in [0.25, 0.3) is 5.91 Å². The van der Waals surface area contributed by atoms with Crippen LogP contribution in [0.1, 0.15) is 56.0 Å². The average molecular weight is 402 g/mol. The van der Waals surface area contributed by atoms with Crippen molar-refractivity contribution in [1.29, 1.82) is 0 Å². The van der Waals surface area contributed by atoms with Crippen LogP contribution in [-0.4, -0.2) is 70.6 Å². The van der Waals surface area contributed by atoms with Crippen LogP contribution in [0.5, 0.6) is 5.88 Å². The van der Waals surface area contributed by atoms with Crippen molar-refractivity contribution in [2.75, 3.05) is 26.7 Å². The van der Waals surface area contributed by atoms with Crippen molar-refractivity contribution in [3.8, 4) is 5.88 Å². The number of ether oxygens (including phenoxy) is 1. The molecule has 1 aliphatic heterocycles. The van der Waals surface area contributed by atoms with E-state index in [0.717, 1.165) is 24.8 Å². The van der Waals surface area contributed by atoms with E-state index < -0.39 is 0 Å². The van der Waals surface area contributed by atoms with Crippen molar-refractivity contribution < 1.29 is 19.4 Å². The monoisotopic (exact) mass is 401 g/mol. The van der Waals surface area contributed by atoms with E-state index in [4.69, 9.17) is 4.74 Å². The highest BCUT2D eigenvalue weighted by Crippen LogP contribution is 2.32. The molecule has 0 saturated heterocycles. The molecule has 0 spiro atoms. The van der Waals surface area contributed by atoms with Gasteiger partial charge in [0.2, 0.25) is 11.8 Å². The summed E-state index contributed by atoms with van der Waals surface area (Å²) in [6, 6.07) is 1.54. The van der Waals surface area contributed by atoms with Crippen LogP contribution in [0.4, 0.5) is 0 Å². The Morgan fingerprint density at radius 1 is 1.48 bits per heavy atom. The second-order valence-corrected chi connectivity index (χ2v) is 8.22. The summed E-state index contributed by atoms with van der Waals surface area (Å²) in [6.45, 7) is 6.06. The summed E-state index contributed by atoms with van der Waals surface area (Å²) >= 11 is 0. The highest BCUT2D eigenvalue weighted by molar-refractivity contribution is 5.97. The topological polar surface area (TPSA) is 83.0 Å². The molecule has 3 rings (SSSR count). The third kappa shape index (κ3) is 4.61. The Labute approximate surface area is 172 Å². The number of aliphatic hydroxyl groups excluding tert-OH is 1. The summed E-state index contributed by atoms with van der Waals surface area (Å²) in [6.07, 6.45) is 6.78. The van der Waals surface area contributed by atoms with Crippen LogP contribution < -0.4 is 4.74 Å². The number of aromatic nitrogens is 1. The molecule has 29 heavy (non-hydrogen) atoms. The number of carbonyl (C=O) groups excluding carboxylic acids is 2. The van der Waals surface area contributed by atoms with Crippen LogP contribution >= 0.6 is 0 Å². The third-order valence-corrected chi connectivity index (χ3v) is 5.92. The van der Waals surface area contributed by atoms with Crippen LogP contribution in [0.2, 0.25) is 0 Å². The van der Waals surface area contributed by atoms with Gasteiger partial charge < -0.3 is 19.6 Å². The lowest BCUT2D eigenvalue weighted by Crippen LogP contribution is -2.50. The molecule has 0 radical (unpaired) electrons. The molecule has 2 heterocycles. The molecule has 0 bridgehead atoms. The number of nitrogens with zero attached hydrogens (tertiary/aromatic N) is 3. The van der Waals surface area contributed by atoms with Gasteiger partial charge in [0.15, 0.2) is 0 Å². The lowest BCUT2D eigenvalue weighted by atomic mass is 9.99. The first-order chi connectivity index (χ1) is 13.8. The summed E-state index contributed by atoms with van der Waals surface area (Å²) in [5.41, 5.74) is 2.57. The standard InChI is InChI=1S/C22H31N3O4/c1-14-11-25(15(2)13-26)22(28)19-9-18(17-7-5-6-8-17)10-23-21(19)29-20(14)12-24(4)16(3)27/h7,9-10,14-15,20,26H,5-6,8,11-13H2,1-4H3/t14-,15+,20+/m1/s1. The van der Waals surface area contributed by atoms with Crippen molar-refractivity contribution in [3.05, 3.63) is 29.5 Å². The Bertz CT molecular complexity index is 807. The smallest absolute Gasteiger partial charge is 0.259 e. The maximum atomic E-state index is 13.4. The van der Waals surface area contributed by atoms with Gasteiger partial charge >= 0.3 is 0 Å². The van der Waals surface area contributed by atoms with Crippen molar-refractivity contribution >= 4 is 17.4 Å². The number of allylic oxidation sites excluding steroid dienone is 2. The third-order valence-electron chi connectivity index (χ3n) is 5.92. The van der Waals surface area contributed by atoms with Crippen LogP contribution in [-0.2, 0) is 4.79 Å². The number of pyridine rings is 1. The predicted octanol–water partition coefficient (Wildman–Crippen LogP) is 2.35. The highest BCUT2D eigenvalue weighted by atomic mass is 16.5. The number of carbonyl (C=O) groups is 2. The minimum Gasteiger partial charge on any atom is -0.472 e. The number of likely N-dealkylation sites (N-methyl/N-ethyl adjacent to an activating group) is 1. The van der Waals surface area contributed by atoms with E-state index in [1.54, 1.807) is 23.0 Å². The van der Waals surface area contributed by atoms with E-state index in [0.29, 0.717) is 24.5 Å². The summed E-state index contributed by atoms with van der Waals surface area (Å²) in [5.74, 6) is 0.0267. The summed E-state index contributed by atoms with van der Waals surface area (Å²) in [4.78, 5) is 32.9. The predicted molar refractivity (Wildman–Crippen MR) is 111 cm³/mol. The Morgan fingerprint density at radius 3 is 2.86 bits per heavy atom. The maximum absolute atomic E-state index is 13.4. The fraction of sp³-hybridized carbons (Fsp3) is 0.591. The van der Waals surface area contributed by atoms with E-state index >= 15 is 0 Å². The molecular formula is C22H31N3O4. The molecule has 7 heteroatoms. The Morgan fingerprint density at radius 2 is 2.24 bits per heavy atom. The number of hydrogen-bond donors (Lipinski definition) is 1. The second-order valence-electron chi connectivity index (χ2n) is 8.22. The van der Waals surface area contributed by atoms with Crippen LogP contribution in [0.3, 0.4) is 0 Å². The number of fused-ring (bicyclic) bond motifs is 1. The zero-order chi connectivity index (χ0) is 21.1. The number of hydrogen-bond acceptors (Lipinski definition) is 5. The van der Waals surface area contributed by atoms with Crippen molar-refractivity contribution in [2.45, 2.75) is 52.2 Å². The van der Waals surface area contributed by atoms with Gasteiger partial charge in [-0.2, -0.15) is 0 Å². The van der Waals surface area contributed by atoms with Gasteiger partial charge in [0.1, 0.15) is 11.7 Å². The Balaban J connectivity index is 2.01. The van der Waals surface area contributed by atoms with Crippen LogP contribution in [0.15, 0.2) is 18.3 Å². The quantitative estimate of drug-likeness (QED) is 0.819. The number of rotatable bonds is 5. The SMILES string of the molecule is CC(=O)N(C)C[C@@H]1Oc2ncc(C3=CCCC3)cc2C(=O)N([C@@H](C)CO)C[C@H]1C. The van der Waals surface area contributed by atoms with Gasteiger partial charge in [-0.25, -0.2) is 4.98 Å². The van der Waals surface area contributed by atoms with Gasteiger partial charge in [-0.3, -0.25) is 9.59 Å². The average Bonchev–Trinajstić information content (AvgIpc) is 3.24. The van der Waals surface area contributed by atoms with Crippen LogP contribution in [0, 0.1) is 5.92 Å². The minimum absolute atomic E-state index is 0.0399. The van der Waals surface area contributed by atoms with Gasteiger partial charge in [0.05, 0.1) is 19.2 Å². The Kier molecular flexibility index (Phi) is 6.57. The van der Waals surface area contributed by atoms with E-state index in [9.17, 15) is 14.7 Å². The molecule has 1 aliphatic carbocycles. The minimum atomic E-state index is -0.323.